The van der Waals surface area contributed by atoms with E-state index in [2.05, 4.69) is 15.2 Å². The number of ether oxygens (including phenoxy) is 3. The lowest BCUT2D eigenvalue weighted by Gasteiger charge is -2.13. The Balaban J connectivity index is 1.69. The van der Waals surface area contributed by atoms with Crippen LogP contribution in [0.3, 0.4) is 0 Å². The van der Waals surface area contributed by atoms with Crippen molar-refractivity contribution in [3.63, 3.8) is 0 Å². The molecule has 0 bridgehead atoms. The molecule has 0 saturated carbocycles. The van der Waals surface area contributed by atoms with Crippen LogP contribution in [0.2, 0.25) is 0 Å². The predicted octanol–water partition coefficient (Wildman–Crippen LogP) is 2.75. The summed E-state index contributed by atoms with van der Waals surface area (Å²) in [5.74, 6) is 2.39. The number of hydrogen-bond acceptors (Lipinski definition) is 8. The van der Waals surface area contributed by atoms with Gasteiger partial charge in [0.05, 0.1) is 30.7 Å². The third-order valence-electron chi connectivity index (χ3n) is 4.08. The molecule has 0 spiro atoms. The Morgan fingerprint density at radius 3 is 2.76 bits per heavy atom. The number of benzene rings is 2. The van der Waals surface area contributed by atoms with Gasteiger partial charge >= 0.3 is 0 Å². The van der Waals surface area contributed by atoms with Gasteiger partial charge in [-0.3, -0.25) is 15.2 Å². The maximum Gasteiger partial charge on any atom is 0.273 e. The quantitative estimate of drug-likeness (QED) is 0.414. The van der Waals surface area contributed by atoms with Crippen LogP contribution in [0.1, 0.15) is 30.2 Å². The molecule has 1 atom stereocenters. The minimum Gasteiger partial charge on any atom is -0.493 e. The number of nitrogens with zero attached hydrogens (tertiary/aromatic N) is 3. The van der Waals surface area contributed by atoms with Crippen LogP contribution < -0.4 is 19.9 Å². The van der Waals surface area contributed by atoms with Gasteiger partial charge in [-0.25, -0.2) is 4.98 Å². The molecule has 0 saturated heterocycles. The largest absolute Gasteiger partial charge is 0.493 e. The fourth-order valence-electron chi connectivity index (χ4n) is 2.65. The number of aromatic nitrogens is 3. The average Bonchev–Trinajstić information content (AvgIpc) is 3.21. The Morgan fingerprint density at radius 2 is 2.03 bits per heavy atom. The highest BCUT2D eigenvalue weighted by Crippen LogP contribution is 2.31. The van der Waals surface area contributed by atoms with Gasteiger partial charge in [0.25, 0.3) is 5.69 Å². The van der Waals surface area contributed by atoms with Crippen molar-refractivity contribution in [3.8, 4) is 17.2 Å². The molecule has 0 amide bonds. The van der Waals surface area contributed by atoms with E-state index in [1.807, 2.05) is 13.0 Å². The molecule has 3 N–H and O–H groups in total. The van der Waals surface area contributed by atoms with Gasteiger partial charge in [0.15, 0.2) is 23.1 Å². The topological polar surface area (TPSA) is 138 Å². The van der Waals surface area contributed by atoms with Gasteiger partial charge in [0, 0.05) is 6.07 Å². The van der Waals surface area contributed by atoms with Gasteiger partial charge in [-0.15, -0.1) is 0 Å². The molecule has 0 unspecified atom stereocenters. The molecule has 1 aromatic heterocycles. The van der Waals surface area contributed by atoms with Gasteiger partial charge in [0.2, 0.25) is 0 Å². The molecule has 152 valence electrons. The molecule has 0 radical (unpaired) electrons. The first-order valence-corrected chi connectivity index (χ1v) is 8.86. The second-order valence-corrected chi connectivity index (χ2v) is 6.00. The molecule has 29 heavy (non-hydrogen) atoms. The summed E-state index contributed by atoms with van der Waals surface area (Å²) in [5, 5.41) is 17.7. The molecule has 2 aromatic carbocycles. The zero-order valence-corrected chi connectivity index (χ0v) is 16.0. The molecular formula is C19H21N5O5. The molecule has 3 rings (SSSR count). The lowest BCUT2D eigenvalue weighted by Crippen LogP contribution is -2.14. The van der Waals surface area contributed by atoms with Crippen LogP contribution >= 0.6 is 0 Å². The van der Waals surface area contributed by atoms with Crippen molar-refractivity contribution in [2.45, 2.75) is 19.6 Å². The van der Waals surface area contributed by atoms with Crippen molar-refractivity contribution >= 4 is 5.69 Å². The monoisotopic (exact) mass is 399 g/mol. The number of nitro benzene ring substituents is 1. The van der Waals surface area contributed by atoms with Gasteiger partial charge in [0.1, 0.15) is 12.4 Å². The van der Waals surface area contributed by atoms with Gasteiger partial charge in [-0.1, -0.05) is 12.1 Å². The van der Waals surface area contributed by atoms with Crippen molar-refractivity contribution in [3.05, 3.63) is 69.8 Å². The standard InChI is InChI=1S/C19H21N5O5/c1-3-28-15-8-7-12(9-16(15)27-2)18(20)19-21-17(22-23-19)11-29-14-6-4-5-13(10-14)24(25)26/h4-10,18H,3,11,20H2,1-2H3,(H,21,22,23)/t18-/m1/s1. The molecule has 0 fully saturated rings. The third kappa shape index (κ3) is 4.79. The Hall–Kier alpha value is -3.66. The van der Waals surface area contributed by atoms with E-state index < -0.39 is 11.0 Å². The van der Waals surface area contributed by atoms with E-state index in [4.69, 9.17) is 19.9 Å². The minimum absolute atomic E-state index is 0.0489. The van der Waals surface area contributed by atoms with E-state index in [0.29, 0.717) is 35.5 Å². The molecular weight excluding hydrogens is 378 g/mol. The van der Waals surface area contributed by atoms with Crippen LogP contribution in [0, 0.1) is 10.1 Å². The second kappa shape index (κ2) is 9.02. The molecule has 10 nitrogen and oxygen atoms in total. The van der Waals surface area contributed by atoms with Gasteiger partial charge in [-0.2, -0.15) is 5.10 Å². The van der Waals surface area contributed by atoms with Crippen LogP contribution in [-0.4, -0.2) is 33.8 Å². The van der Waals surface area contributed by atoms with E-state index >= 15 is 0 Å². The van der Waals surface area contributed by atoms with E-state index in [9.17, 15) is 10.1 Å². The maximum absolute atomic E-state index is 10.8. The molecule has 3 aromatic rings. The van der Waals surface area contributed by atoms with Crippen LogP contribution in [0.5, 0.6) is 17.2 Å². The van der Waals surface area contributed by atoms with E-state index in [1.54, 1.807) is 31.4 Å². The number of nitro groups is 1. The number of methoxy groups -OCH3 is 1. The third-order valence-corrected chi connectivity index (χ3v) is 4.08. The SMILES string of the molecule is CCOc1ccc([C@@H](N)c2n[nH]c(COc3cccc([N+](=O)[O-])c3)n2)cc1OC. The highest BCUT2D eigenvalue weighted by molar-refractivity contribution is 5.44. The Labute approximate surface area is 166 Å². The highest BCUT2D eigenvalue weighted by atomic mass is 16.6. The number of non-ortho nitro benzene ring substituents is 1. The number of nitrogens with two attached hydrogens (primary N) is 1. The summed E-state index contributed by atoms with van der Waals surface area (Å²) in [5.41, 5.74) is 6.99. The molecule has 10 heteroatoms. The van der Waals surface area contributed by atoms with Crippen LogP contribution in [0.4, 0.5) is 5.69 Å². The fourth-order valence-corrected chi connectivity index (χ4v) is 2.65. The smallest absolute Gasteiger partial charge is 0.273 e. The summed E-state index contributed by atoms with van der Waals surface area (Å²) in [6.07, 6.45) is 0. The Bertz CT molecular complexity index is 991. The first kappa shape index (κ1) is 20.1. The highest BCUT2D eigenvalue weighted by Gasteiger charge is 2.17. The summed E-state index contributed by atoms with van der Waals surface area (Å²) in [4.78, 5) is 14.7. The van der Waals surface area contributed by atoms with Crippen LogP contribution in [0.25, 0.3) is 0 Å². The molecule has 0 aliphatic rings. The van der Waals surface area contributed by atoms with Crippen molar-refractivity contribution in [1.29, 1.82) is 0 Å². The summed E-state index contributed by atoms with van der Waals surface area (Å²) >= 11 is 0. The second-order valence-electron chi connectivity index (χ2n) is 6.00. The average molecular weight is 399 g/mol. The zero-order chi connectivity index (χ0) is 20.8. The van der Waals surface area contributed by atoms with Crippen molar-refractivity contribution in [2.75, 3.05) is 13.7 Å². The van der Waals surface area contributed by atoms with Crippen molar-refractivity contribution in [1.82, 2.24) is 15.2 Å². The summed E-state index contributed by atoms with van der Waals surface area (Å²) < 4.78 is 16.4. The van der Waals surface area contributed by atoms with Gasteiger partial charge in [-0.05, 0) is 30.7 Å². The zero-order valence-electron chi connectivity index (χ0n) is 16.0. The lowest BCUT2D eigenvalue weighted by atomic mass is 10.1. The first-order valence-electron chi connectivity index (χ1n) is 8.86. The normalized spacial score (nSPS) is 11.7. The maximum atomic E-state index is 10.8. The molecule has 0 aliphatic carbocycles. The van der Waals surface area contributed by atoms with Crippen molar-refractivity contribution < 1.29 is 19.1 Å². The summed E-state index contributed by atoms with van der Waals surface area (Å²) in [6.45, 7) is 2.48. The van der Waals surface area contributed by atoms with Crippen molar-refractivity contribution in [2.24, 2.45) is 5.73 Å². The Kier molecular flexibility index (Phi) is 6.25. The number of H-pyrrole nitrogens is 1. The van der Waals surface area contributed by atoms with Gasteiger partial charge < -0.3 is 19.9 Å². The fraction of sp³-hybridized carbons (Fsp3) is 0.263. The van der Waals surface area contributed by atoms with E-state index in [1.165, 1.54) is 12.1 Å². The number of hydrogen-bond donors (Lipinski definition) is 2. The Morgan fingerprint density at radius 1 is 1.21 bits per heavy atom. The van der Waals surface area contributed by atoms with E-state index in [-0.39, 0.29) is 12.3 Å². The minimum atomic E-state index is -0.581. The number of aromatic amines is 1. The predicted molar refractivity (Wildman–Crippen MR) is 104 cm³/mol. The van der Waals surface area contributed by atoms with Crippen LogP contribution in [-0.2, 0) is 6.61 Å². The number of nitrogens with one attached hydrogen (secondary N) is 1. The number of rotatable bonds is 9. The van der Waals surface area contributed by atoms with E-state index in [0.717, 1.165) is 5.56 Å². The summed E-state index contributed by atoms with van der Waals surface area (Å²) in [6, 6.07) is 10.7. The molecule has 1 heterocycles. The molecule has 0 aliphatic heterocycles. The van der Waals surface area contributed by atoms with Crippen LogP contribution in [0.15, 0.2) is 42.5 Å². The first-order chi connectivity index (χ1) is 14.0. The lowest BCUT2D eigenvalue weighted by molar-refractivity contribution is -0.384. The summed E-state index contributed by atoms with van der Waals surface area (Å²) in [7, 11) is 1.56.